The number of hydrogen-bond acceptors (Lipinski definition) is 3. The van der Waals surface area contributed by atoms with Crippen molar-refractivity contribution in [3.8, 4) is 0 Å². The van der Waals surface area contributed by atoms with Crippen LogP contribution >= 0.6 is 0 Å². The first-order valence-corrected chi connectivity index (χ1v) is 14.9. The monoisotopic (exact) mass is 534 g/mol. The lowest BCUT2D eigenvalue weighted by Crippen LogP contribution is -2.28. The van der Waals surface area contributed by atoms with E-state index < -0.39 is 0 Å². The molecule has 1 aliphatic carbocycles. The van der Waals surface area contributed by atoms with E-state index >= 15 is 0 Å². The summed E-state index contributed by atoms with van der Waals surface area (Å²) in [7, 11) is 0. The highest BCUT2D eigenvalue weighted by atomic mass is 19.1. The average Bonchev–Trinajstić information content (AvgIpc) is 3.62. The van der Waals surface area contributed by atoms with Crippen molar-refractivity contribution in [1.82, 2.24) is 14.3 Å². The number of anilines is 1. The van der Waals surface area contributed by atoms with Gasteiger partial charge < -0.3 is 14.6 Å². The molecule has 1 saturated carbocycles. The quantitative estimate of drug-likeness (QED) is 0.268. The molecule has 0 spiro atoms. The summed E-state index contributed by atoms with van der Waals surface area (Å²) in [5.41, 5.74) is 4.92. The van der Waals surface area contributed by atoms with Gasteiger partial charge in [-0.2, -0.15) is 0 Å². The maximum absolute atomic E-state index is 13.6. The lowest BCUT2D eigenvalue weighted by molar-refractivity contribution is 0.102. The van der Waals surface area contributed by atoms with E-state index in [9.17, 15) is 9.18 Å². The molecule has 0 atom stereocenters. The van der Waals surface area contributed by atoms with E-state index in [-0.39, 0.29) is 11.7 Å². The van der Waals surface area contributed by atoms with Gasteiger partial charge in [-0.1, -0.05) is 59.1 Å². The van der Waals surface area contributed by atoms with Gasteiger partial charge in [-0.25, -0.2) is 9.37 Å². The van der Waals surface area contributed by atoms with Gasteiger partial charge in [-0.05, 0) is 86.8 Å². The molecule has 1 aliphatic rings. The minimum Gasteiger partial charge on any atom is -0.375 e. The fourth-order valence-electron chi connectivity index (χ4n) is 5.44. The molecule has 2 heterocycles. The van der Waals surface area contributed by atoms with Crippen molar-refractivity contribution in [3.63, 3.8) is 0 Å². The maximum atomic E-state index is 13.6. The number of imidazole rings is 1. The number of carbonyl (C=O) groups excluding carboxylic acids is 1. The number of fused-ring (bicyclic) bond motifs is 1. The summed E-state index contributed by atoms with van der Waals surface area (Å²) in [4.78, 5) is 19.3. The van der Waals surface area contributed by atoms with E-state index in [1.807, 2.05) is 38.2 Å². The SMILES string of the molecule is CCC/C=C(/C1CCCC1)N(CCC)CCC.CCc1cc(F)cc(NC(=O)c2cn3ccccc3n2)c1C. The lowest BCUT2D eigenvalue weighted by atomic mass is 10.0. The van der Waals surface area contributed by atoms with Crippen molar-refractivity contribution in [2.45, 2.75) is 92.4 Å². The Hall–Kier alpha value is -3.15. The molecule has 5 nitrogen and oxygen atoms in total. The Morgan fingerprint density at radius 2 is 1.82 bits per heavy atom. The number of hydrogen-bond donors (Lipinski definition) is 1. The van der Waals surface area contributed by atoms with Crippen molar-refractivity contribution in [3.05, 3.63) is 77.1 Å². The largest absolute Gasteiger partial charge is 0.375 e. The molecule has 1 N–H and O–H groups in total. The molecular weight excluding hydrogens is 487 g/mol. The standard InChI is InChI=1S/C17H16FN3O.C16H31N/c1-3-12-8-13(18)9-14(11(12)2)20-17(22)15-10-21-7-5-4-6-16(21)19-15;1-4-7-12-16(15-10-8-9-11-15)17(13-5-2)14-6-3/h4-10H,3H2,1-2H3,(H,20,22);12,15H,4-11,13-14H2,1-3H3/b;16-12-. The van der Waals surface area contributed by atoms with E-state index in [2.05, 4.69) is 42.0 Å². The molecule has 1 aromatic carbocycles. The number of aromatic nitrogens is 2. The topological polar surface area (TPSA) is 49.6 Å². The van der Waals surface area contributed by atoms with Crippen LogP contribution in [0.1, 0.15) is 101 Å². The van der Waals surface area contributed by atoms with Gasteiger partial charge in [0.25, 0.3) is 5.91 Å². The number of aryl methyl sites for hydroxylation is 1. The molecule has 1 fully saturated rings. The molecule has 0 bridgehead atoms. The fraction of sp³-hybridized carbons (Fsp3) is 0.515. The highest BCUT2D eigenvalue weighted by Crippen LogP contribution is 2.33. The first kappa shape index (κ1) is 30.4. The minimum absolute atomic E-state index is 0.299. The van der Waals surface area contributed by atoms with Crippen LogP contribution in [0, 0.1) is 18.7 Å². The summed E-state index contributed by atoms with van der Waals surface area (Å²) in [6.07, 6.45) is 17.6. The van der Waals surface area contributed by atoms with Crippen LogP contribution in [-0.4, -0.2) is 33.3 Å². The number of pyridine rings is 1. The second-order valence-electron chi connectivity index (χ2n) is 10.5. The maximum Gasteiger partial charge on any atom is 0.275 e. The summed E-state index contributed by atoms with van der Waals surface area (Å²) in [5, 5.41) is 2.75. The number of allylic oxidation sites excluding steroid dienone is 2. The summed E-state index contributed by atoms with van der Waals surface area (Å²) in [6.45, 7) is 13.2. The number of nitrogens with one attached hydrogen (secondary N) is 1. The molecule has 3 aromatic rings. The highest BCUT2D eigenvalue weighted by molar-refractivity contribution is 6.03. The van der Waals surface area contributed by atoms with E-state index in [1.54, 1.807) is 16.3 Å². The summed E-state index contributed by atoms with van der Waals surface area (Å²) >= 11 is 0. The first-order valence-electron chi connectivity index (χ1n) is 14.9. The van der Waals surface area contributed by atoms with Gasteiger partial charge >= 0.3 is 0 Å². The van der Waals surface area contributed by atoms with Crippen LogP contribution in [-0.2, 0) is 6.42 Å². The van der Waals surface area contributed by atoms with Crippen LogP contribution < -0.4 is 5.32 Å². The van der Waals surface area contributed by atoms with Crippen molar-refractivity contribution >= 4 is 17.2 Å². The normalized spacial score (nSPS) is 13.8. The van der Waals surface area contributed by atoms with Gasteiger partial charge in [0.15, 0.2) is 0 Å². The molecule has 1 amide bonds. The van der Waals surface area contributed by atoms with E-state index in [4.69, 9.17) is 0 Å². The molecular formula is C33H47FN4O. The van der Waals surface area contributed by atoms with Gasteiger partial charge in [0.05, 0.1) is 0 Å². The molecule has 2 aromatic heterocycles. The lowest BCUT2D eigenvalue weighted by Gasteiger charge is -2.31. The molecule has 212 valence electrons. The van der Waals surface area contributed by atoms with Crippen LogP contribution in [0.4, 0.5) is 10.1 Å². The molecule has 6 heteroatoms. The molecule has 0 saturated heterocycles. The third-order valence-electron chi connectivity index (χ3n) is 7.47. The highest BCUT2D eigenvalue weighted by Gasteiger charge is 2.22. The molecule has 0 aliphatic heterocycles. The van der Waals surface area contributed by atoms with Crippen LogP contribution in [0.25, 0.3) is 5.65 Å². The Balaban J connectivity index is 0.000000224. The van der Waals surface area contributed by atoms with Crippen molar-refractivity contribution in [1.29, 1.82) is 0 Å². The number of benzene rings is 1. The van der Waals surface area contributed by atoms with Gasteiger partial charge in [0.1, 0.15) is 17.2 Å². The van der Waals surface area contributed by atoms with Gasteiger partial charge in [0, 0.05) is 36.9 Å². The number of amides is 1. The Morgan fingerprint density at radius 3 is 2.44 bits per heavy atom. The summed E-state index contributed by atoms with van der Waals surface area (Å²) in [6, 6.07) is 8.37. The van der Waals surface area contributed by atoms with E-state index in [0.29, 0.717) is 23.4 Å². The van der Waals surface area contributed by atoms with Crippen LogP contribution in [0.2, 0.25) is 0 Å². The van der Waals surface area contributed by atoms with E-state index in [1.165, 1.54) is 76.6 Å². The number of nitrogens with zero attached hydrogens (tertiary/aromatic N) is 3. The van der Waals surface area contributed by atoms with Gasteiger partial charge in [0.2, 0.25) is 0 Å². The third kappa shape index (κ3) is 8.42. The Kier molecular flexibility index (Phi) is 12.0. The first-order chi connectivity index (χ1) is 18.9. The predicted octanol–water partition coefficient (Wildman–Crippen LogP) is 8.58. The minimum atomic E-state index is -0.354. The summed E-state index contributed by atoms with van der Waals surface area (Å²) in [5.74, 6) is 0.173. The second kappa shape index (κ2) is 15.4. The number of unbranched alkanes of at least 4 members (excludes halogenated alkanes) is 1. The van der Waals surface area contributed by atoms with Crippen LogP contribution in [0.5, 0.6) is 0 Å². The number of rotatable bonds is 11. The fourth-order valence-corrected chi connectivity index (χ4v) is 5.44. The third-order valence-corrected chi connectivity index (χ3v) is 7.47. The number of halogens is 1. The molecule has 0 unspecified atom stereocenters. The number of carbonyl (C=O) groups is 1. The zero-order chi connectivity index (χ0) is 28.2. The molecule has 39 heavy (non-hydrogen) atoms. The zero-order valence-electron chi connectivity index (χ0n) is 24.6. The van der Waals surface area contributed by atoms with Crippen LogP contribution in [0.15, 0.2) is 54.5 Å². The van der Waals surface area contributed by atoms with Crippen molar-refractivity contribution in [2.24, 2.45) is 5.92 Å². The second-order valence-corrected chi connectivity index (χ2v) is 10.5. The Labute approximate surface area is 234 Å². The van der Waals surface area contributed by atoms with Crippen LogP contribution in [0.3, 0.4) is 0 Å². The van der Waals surface area contributed by atoms with E-state index in [0.717, 1.165) is 17.0 Å². The zero-order valence-corrected chi connectivity index (χ0v) is 24.6. The van der Waals surface area contributed by atoms with Gasteiger partial charge in [-0.15, -0.1) is 0 Å². The smallest absolute Gasteiger partial charge is 0.275 e. The van der Waals surface area contributed by atoms with Gasteiger partial charge in [-0.3, -0.25) is 4.79 Å². The van der Waals surface area contributed by atoms with Crippen molar-refractivity contribution in [2.75, 3.05) is 18.4 Å². The molecule has 0 radical (unpaired) electrons. The average molecular weight is 535 g/mol. The Bertz CT molecular complexity index is 1190. The molecule has 4 rings (SSSR count). The van der Waals surface area contributed by atoms with Crippen molar-refractivity contribution < 1.29 is 9.18 Å². The summed E-state index contributed by atoms with van der Waals surface area (Å²) < 4.78 is 15.4. The Morgan fingerprint density at radius 1 is 1.10 bits per heavy atom. The predicted molar refractivity (Wildman–Crippen MR) is 161 cm³/mol.